The van der Waals surface area contributed by atoms with Gasteiger partial charge in [0.05, 0.1) is 11.4 Å². The van der Waals surface area contributed by atoms with Crippen molar-refractivity contribution in [2.45, 2.75) is 25.1 Å². The van der Waals surface area contributed by atoms with E-state index >= 15 is 0 Å². The van der Waals surface area contributed by atoms with Crippen LogP contribution in [-0.2, 0) is 6.18 Å². The molecule has 0 aliphatic heterocycles. The summed E-state index contributed by atoms with van der Waals surface area (Å²) in [5.74, 6) is 0.931. The second kappa shape index (κ2) is 4.77. The number of benzene rings is 1. The van der Waals surface area contributed by atoms with Crippen LogP contribution in [0.3, 0.4) is 0 Å². The van der Waals surface area contributed by atoms with Gasteiger partial charge in [-0.3, -0.25) is 0 Å². The molecule has 1 aromatic carbocycles. The Kier molecular flexibility index (Phi) is 3.52. The number of halogens is 4. The molecule has 0 spiro atoms. The highest BCUT2D eigenvalue weighted by atomic mass is 35.5. The zero-order valence-corrected chi connectivity index (χ0v) is 9.76. The lowest BCUT2D eigenvalue weighted by molar-refractivity contribution is -0.137. The Balaban J connectivity index is 2.10. The van der Waals surface area contributed by atoms with Crippen molar-refractivity contribution in [1.82, 2.24) is 0 Å². The Labute approximate surface area is 103 Å². The highest BCUT2D eigenvalue weighted by molar-refractivity contribution is 6.18. The molecule has 1 fully saturated rings. The minimum absolute atomic E-state index is 0.180. The van der Waals surface area contributed by atoms with E-state index in [2.05, 4.69) is 0 Å². The summed E-state index contributed by atoms with van der Waals surface area (Å²) in [4.78, 5) is 0. The van der Waals surface area contributed by atoms with Crippen LogP contribution in [-0.4, -0.2) is 12.0 Å². The monoisotopic (exact) mass is 264 g/mol. The van der Waals surface area contributed by atoms with Gasteiger partial charge in [0.15, 0.2) is 0 Å². The molecule has 0 saturated heterocycles. The third-order valence-electron chi connectivity index (χ3n) is 2.75. The van der Waals surface area contributed by atoms with Gasteiger partial charge < -0.3 is 4.74 Å². The van der Waals surface area contributed by atoms with Gasteiger partial charge in [-0.05, 0) is 37.0 Å². The van der Waals surface area contributed by atoms with E-state index in [4.69, 9.17) is 16.3 Å². The van der Waals surface area contributed by atoms with Crippen LogP contribution < -0.4 is 4.74 Å². The second-order valence-electron chi connectivity index (χ2n) is 4.17. The molecule has 0 N–H and O–H groups in total. The molecule has 94 valence electrons. The highest BCUT2D eigenvalue weighted by Crippen LogP contribution is 2.36. The lowest BCUT2D eigenvalue weighted by Gasteiger charge is -2.17. The van der Waals surface area contributed by atoms with Crippen LogP contribution in [0.2, 0.25) is 0 Å². The van der Waals surface area contributed by atoms with E-state index in [1.807, 2.05) is 0 Å². The zero-order chi connectivity index (χ0) is 12.5. The van der Waals surface area contributed by atoms with Crippen LogP contribution in [0.15, 0.2) is 24.3 Å². The lowest BCUT2D eigenvalue weighted by Crippen LogP contribution is -2.21. The van der Waals surface area contributed by atoms with Gasteiger partial charge in [-0.15, -0.1) is 11.6 Å². The smallest absolute Gasteiger partial charge is 0.416 e. The van der Waals surface area contributed by atoms with E-state index in [1.54, 1.807) is 0 Å². The van der Waals surface area contributed by atoms with Gasteiger partial charge in [0.25, 0.3) is 0 Å². The molecule has 0 aromatic heterocycles. The van der Waals surface area contributed by atoms with E-state index < -0.39 is 11.7 Å². The fourth-order valence-corrected chi connectivity index (χ4v) is 1.96. The summed E-state index contributed by atoms with van der Waals surface area (Å²) >= 11 is 5.73. The second-order valence-corrected chi connectivity index (χ2v) is 4.48. The quantitative estimate of drug-likeness (QED) is 0.744. The van der Waals surface area contributed by atoms with Crippen LogP contribution in [0.4, 0.5) is 13.2 Å². The summed E-state index contributed by atoms with van der Waals surface area (Å²) in [6.45, 7) is 0. The molecule has 17 heavy (non-hydrogen) atoms. The van der Waals surface area contributed by atoms with Crippen LogP contribution in [0.1, 0.15) is 18.4 Å². The van der Waals surface area contributed by atoms with E-state index in [1.165, 1.54) is 12.1 Å². The van der Waals surface area contributed by atoms with Gasteiger partial charge in [0, 0.05) is 0 Å². The standard InChI is InChI=1S/C12H12ClF3O/c13-7-11(8-4-5-8)17-10-3-1-2-9(6-10)12(14,15)16/h1-3,6,8,11H,4-5,7H2. The lowest BCUT2D eigenvalue weighted by atomic mass is 10.2. The highest BCUT2D eigenvalue weighted by Gasteiger charge is 2.33. The Morgan fingerprint density at radius 3 is 2.59 bits per heavy atom. The first-order valence-corrected chi connectivity index (χ1v) is 5.94. The van der Waals surface area contributed by atoms with Crippen LogP contribution in [0.25, 0.3) is 0 Å². The summed E-state index contributed by atoms with van der Waals surface area (Å²) in [7, 11) is 0. The van der Waals surface area contributed by atoms with Crippen molar-refractivity contribution in [2.75, 3.05) is 5.88 Å². The van der Waals surface area contributed by atoms with Crippen molar-refractivity contribution < 1.29 is 17.9 Å². The minimum Gasteiger partial charge on any atom is -0.489 e. The predicted molar refractivity (Wildman–Crippen MR) is 59.3 cm³/mol. The molecule has 0 radical (unpaired) electrons. The first kappa shape index (κ1) is 12.6. The van der Waals surface area contributed by atoms with Crippen molar-refractivity contribution in [3.05, 3.63) is 29.8 Å². The maximum atomic E-state index is 12.5. The van der Waals surface area contributed by atoms with Crippen molar-refractivity contribution in [1.29, 1.82) is 0 Å². The molecule has 1 unspecified atom stereocenters. The average molecular weight is 265 g/mol. The molecule has 1 nitrogen and oxygen atoms in total. The van der Waals surface area contributed by atoms with Gasteiger partial charge >= 0.3 is 6.18 Å². The van der Waals surface area contributed by atoms with Crippen molar-refractivity contribution in [3.63, 3.8) is 0 Å². The number of hydrogen-bond acceptors (Lipinski definition) is 1. The maximum absolute atomic E-state index is 12.5. The molecule has 0 bridgehead atoms. The average Bonchev–Trinajstić information content (AvgIpc) is 3.09. The zero-order valence-electron chi connectivity index (χ0n) is 9.01. The van der Waals surface area contributed by atoms with Crippen LogP contribution in [0.5, 0.6) is 5.75 Å². The number of alkyl halides is 4. The molecule has 1 atom stereocenters. The summed E-state index contributed by atoms with van der Waals surface area (Å²) in [5.41, 5.74) is -0.695. The molecule has 5 heteroatoms. The summed E-state index contributed by atoms with van der Waals surface area (Å²) < 4.78 is 42.9. The van der Waals surface area contributed by atoms with Gasteiger partial charge in [-0.2, -0.15) is 13.2 Å². The SMILES string of the molecule is FC(F)(F)c1cccc(OC(CCl)C2CC2)c1. The molecular formula is C12H12ClF3O. The molecule has 1 aromatic rings. The van der Waals surface area contributed by atoms with Crippen molar-refractivity contribution >= 4 is 11.6 Å². The molecule has 1 aliphatic rings. The van der Waals surface area contributed by atoms with Crippen LogP contribution >= 0.6 is 11.6 Å². The fourth-order valence-electron chi connectivity index (χ4n) is 1.64. The topological polar surface area (TPSA) is 9.23 Å². The van der Waals surface area contributed by atoms with Gasteiger partial charge in [-0.1, -0.05) is 6.07 Å². The molecule has 0 amide bonds. The molecule has 0 heterocycles. The Morgan fingerprint density at radius 2 is 2.06 bits per heavy atom. The summed E-state index contributed by atoms with van der Waals surface area (Å²) in [6, 6.07) is 4.91. The third-order valence-corrected chi connectivity index (χ3v) is 3.05. The van der Waals surface area contributed by atoms with E-state index in [9.17, 15) is 13.2 Å². The van der Waals surface area contributed by atoms with Gasteiger partial charge in [-0.25, -0.2) is 0 Å². The van der Waals surface area contributed by atoms with E-state index in [0.717, 1.165) is 25.0 Å². The molecule has 2 rings (SSSR count). The Hall–Kier alpha value is -0.900. The fraction of sp³-hybridized carbons (Fsp3) is 0.500. The first-order valence-electron chi connectivity index (χ1n) is 5.40. The van der Waals surface area contributed by atoms with E-state index in [0.29, 0.717) is 11.8 Å². The Bertz CT molecular complexity index is 388. The van der Waals surface area contributed by atoms with Gasteiger partial charge in [0.1, 0.15) is 11.9 Å². The molecule has 1 aliphatic carbocycles. The van der Waals surface area contributed by atoms with Gasteiger partial charge in [0.2, 0.25) is 0 Å². The van der Waals surface area contributed by atoms with E-state index in [-0.39, 0.29) is 11.9 Å². The van der Waals surface area contributed by atoms with Crippen molar-refractivity contribution in [3.8, 4) is 5.75 Å². The summed E-state index contributed by atoms with van der Waals surface area (Å²) in [6.07, 6.45) is -2.44. The summed E-state index contributed by atoms with van der Waals surface area (Å²) in [5, 5.41) is 0. The van der Waals surface area contributed by atoms with Crippen LogP contribution in [0, 0.1) is 5.92 Å². The predicted octanol–water partition coefficient (Wildman–Crippen LogP) is 4.10. The number of ether oxygens (including phenoxy) is 1. The Morgan fingerprint density at radius 1 is 1.35 bits per heavy atom. The minimum atomic E-state index is -4.34. The maximum Gasteiger partial charge on any atom is 0.416 e. The van der Waals surface area contributed by atoms with Crippen molar-refractivity contribution in [2.24, 2.45) is 5.92 Å². The first-order chi connectivity index (χ1) is 8.00. The third kappa shape index (κ3) is 3.28. The molecule has 1 saturated carbocycles. The number of rotatable bonds is 4. The number of hydrogen-bond donors (Lipinski definition) is 0. The largest absolute Gasteiger partial charge is 0.489 e. The molecular weight excluding hydrogens is 253 g/mol. The normalized spacial score (nSPS) is 17.9.